The molecule has 0 radical (unpaired) electrons. The molecule has 8 heteroatoms. The molecular formula is C12H7F2NO3S2. The molecule has 104 valence electrons. The summed E-state index contributed by atoms with van der Waals surface area (Å²) in [7, 11) is 0. The summed E-state index contributed by atoms with van der Waals surface area (Å²) >= 11 is 5.68. The Morgan fingerprint density at radius 3 is 2.55 bits per heavy atom. The molecule has 4 nitrogen and oxygen atoms in total. The molecule has 1 amide bonds. The molecule has 20 heavy (non-hydrogen) atoms. The second kappa shape index (κ2) is 5.68. The SMILES string of the molecule is O=C(O)CN1C(=O)C(=Cc2c(F)cccc2F)SC1=S. The van der Waals surface area contributed by atoms with Gasteiger partial charge in [0.25, 0.3) is 5.91 Å². The van der Waals surface area contributed by atoms with Gasteiger partial charge in [-0.2, -0.15) is 0 Å². The Morgan fingerprint density at radius 1 is 1.40 bits per heavy atom. The highest BCUT2D eigenvalue weighted by atomic mass is 32.2. The molecule has 1 heterocycles. The molecule has 1 aliphatic heterocycles. The van der Waals surface area contributed by atoms with Crippen LogP contribution < -0.4 is 0 Å². The van der Waals surface area contributed by atoms with E-state index >= 15 is 0 Å². The highest BCUT2D eigenvalue weighted by molar-refractivity contribution is 8.26. The van der Waals surface area contributed by atoms with Crippen molar-refractivity contribution in [2.24, 2.45) is 0 Å². The molecule has 0 unspecified atom stereocenters. The first-order chi connectivity index (χ1) is 9.40. The smallest absolute Gasteiger partial charge is 0.323 e. The Labute approximate surface area is 122 Å². The van der Waals surface area contributed by atoms with E-state index in [-0.39, 0.29) is 14.8 Å². The molecule has 1 aliphatic rings. The first-order valence-corrected chi connectivity index (χ1v) is 6.54. The van der Waals surface area contributed by atoms with Crippen LogP contribution in [-0.2, 0) is 9.59 Å². The second-order valence-corrected chi connectivity index (χ2v) is 5.47. The fourth-order valence-electron chi connectivity index (χ4n) is 1.55. The summed E-state index contributed by atoms with van der Waals surface area (Å²) in [5.41, 5.74) is -0.358. The summed E-state index contributed by atoms with van der Waals surface area (Å²) in [6, 6.07) is 3.33. The summed E-state index contributed by atoms with van der Waals surface area (Å²) in [5, 5.41) is 8.67. The zero-order valence-corrected chi connectivity index (χ0v) is 11.4. The topological polar surface area (TPSA) is 57.6 Å². The average Bonchev–Trinajstić information content (AvgIpc) is 2.61. The lowest BCUT2D eigenvalue weighted by Crippen LogP contribution is -2.33. The Balaban J connectivity index is 2.35. The van der Waals surface area contributed by atoms with Gasteiger partial charge in [0.15, 0.2) is 0 Å². The number of benzene rings is 1. The summed E-state index contributed by atoms with van der Waals surface area (Å²) < 4.78 is 27.0. The molecule has 0 spiro atoms. The minimum absolute atomic E-state index is 0.0137. The van der Waals surface area contributed by atoms with Crippen molar-refractivity contribution < 1.29 is 23.5 Å². The molecule has 2 rings (SSSR count). The number of carbonyl (C=O) groups is 2. The van der Waals surface area contributed by atoms with E-state index in [1.54, 1.807) is 0 Å². The van der Waals surface area contributed by atoms with Crippen LogP contribution in [0.15, 0.2) is 23.1 Å². The molecular weight excluding hydrogens is 308 g/mol. The lowest BCUT2D eigenvalue weighted by molar-refractivity contribution is -0.140. The largest absolute Gasteiger partial charge is 0.480 e. The zero-order valence-electron chi connectivity index (χ0n) is 9.80. The molecule has 1 saturated heterocycles. The van der Waals surface area contributed by atoms with Crippen LogP contribution in [-0.4, -0.2) is 32.7 Å². The predicted molar refractivity (Wildman–Crippen MR) is 73.9 cm³/mol. The molecule has 0 atom stereocenters. The number of nitrogens with zero attached hydrogens (tertiary/aromatic N) is 1. The number of thiocarbonyl (C=S) groups is 1. The van der Waals surface area contributed by atoms with Crippen molar-refractivity contribution in [3.05, 3.63) is 40.3 Å². The summed E-state index contributed by atoms with van der Waals surface area (Å²) in [6.07, 6.45) is 1.03. The van der Waals surface area contributed by atoms with Crippen molar-refractivity contribution in [2.75, 3.05) is 6.54 Å². The number of hydrogen-bond acceptors (Lipinski definition) is 4. The number of aliphatic carboxylic acids is 1. The number of carboxylic acids is 1. The number of rotatable bonds is 3. The van der Waals surface area contributed by atoms with Crippen molar-refractivity contribution in [1.29, 1.82) is 0 Å². The van der Waals surface area contributed by atoms with Crippen LogP contribution >= 0.6 is 24.0 Å². The van der Waals surface area contributed by atoms with Crippen LogP contribution in [0.3, 0.4) is 0 Å². The van der Waals surface area contributed by atoms with Crippen LogP contribution in [0.2, 0.25) is 0 Å². The number of hydrogen-bond donors (Lipinski definition) is 1. The van der Waals surface area contributed by atoms with E-state index in [0.29, 0.717) is 0 Å². The van der Waals surface area contributed by atoms with Gasteiger partial charge in [0.1, 0.15) is 22.5 Å². The minimum atomic E-state index is -1.22. The van der Waals surface area contributed by atoms with Gasteiger partial charge in [-0.05, 0) is 18.2 Å². The summed E-state index contributed by atoms with van der Waals surface area (Å²) in [4.78, 5) is 23.4. The molecule has 1 N–H and O–H groups in total. The maximum atomic E-state index is 13.5. The van der Waals surface area contributed by atoms with Gasteiger partial charge >= 0.3 is 5.97 Å². The van der Waals surface area contributed by atoms with E-state index in [4.69, 9.17) is 17.3 Å². The van der Waals surface area contributed by atoms with Gasteiger partial charge < -0.3 is 5.11 Å². The maximum Gasteiger partial charge on any atom is 0.323 e. The van der Waals surface area contributed by atoms with Crippen molar-refractivity contribution in [3.63, 3.8) is 0 Å². The standard InChI is InChI=1S/C12H7F2NO3S2/c13-7-2-1-3-8(14)6(7)4-9-11(18)15(5-10(16)17)12(19)20-9/h1-4H,5H2,(H,16,17). The van der Waals surface area contributed by atoms with Gasteiger partial charge in [-0.25, -0.2) is 8.78 Å². The Bertz CT molecular complexity index is 625. The fourth-order valence-corrected chi connectivity index (χ4v) is 2.79. The number of carbonyl (C=O) groups excluding carboxylic acids is 1. The van der Waals surface area contributed by atoms with Gasteiger partial charge in [0, 0.05) is 5.56 Å². The molecule has 1 fully saturated rings. The Hall–Kier alpha value is -1.80. The zero-order chi connectivity index (χ0) is 14.9. The third kappa shape index (κ3) is 2.86. The molecule has 1 aromatic rings. The summed E-state index contributed by atoms with van der Waals surface area (Å²) in [6.45, 7) is -0.582. The van der Waals surface area contributed by atoms with Crippen LogP contribution in [0.25, 0.3) is 6.08 Å². The molecule has 0 bridgehead atoms. The molecule has 0 aliphatic carbocycles. The monoisotopic (exact) mass is 315 g/mol. The number of carboxylic acid groups (broad SMARTS) is 1. The summed E-state index contributed by atoms with van der Waals surface area (Å²) in [5.74, 6) is -3.52. The van der Waals surface area contributed by atoms with E-state index in [9.17, 15) is 18.4 Å². The van der Waals surface area contributed by atoms with Crippen LogP contribution in [0.1, 0.15) is 5.56 Å². The van der Waals surface area contributed by atoms with Gasteiger partial charge in [0.05, 0.1) is 4.91 Å². The van der Waals surface area contributed by atoms with E-state index in [2.05, 4.69) is 0 Å². The molecule has 0 aromatic heterocycles. The second-order valence-electron chi connectivity index (χ2n) is 3.80. The van der Waals surface area contributed by atoms with Crippen molar-refractivity contribution in [2.45, 2.75) is 0 Å². The minimum Gasteiger partial charge on any atom is -0.480 e. The lowest BCUT2D eigenvalue weighted by Gasteiger charge is -2.10. The van der Waals surface area contributed by atoms with E-state index in [1.807, 2.05) is 0 Å². The third-order valence-corrected chi connectivity index (χ3v) is 3.82. The van der Waals surface area contributed by atoms with Crippen molar-refractivity contribution >= 4 is 46.3 Å². The Kier molecular flexibility index (Phi) is 4.15. The lowest BCUT2D eigenvalue weighted by atomic mass is 10.2. The highest BCUT2D eigenvalue weighted by Gasteiger charge is 2.33. The number of amides is 1. The normalized spacial score (nSPS) is 17.1. The molecule has 0 saturated carbocycles. The highest BCUT2D eigenvalue weighted by Crippen LogP contribution is 2.33. The van der Waals surface area contributed by atoms with E-state index in [1.165, 1.54) is 6.07 Å². The third-order valence-electron chi connectivity index (χ3n) is 2.44. The fraction of sp³-hybridized carbons (Fsp3) is 0.0833. The van der Waals surface area contributed by atoms with Crippen LogP contribution in [0.5, 0.6) is 0 Å². The first kappa shape index (κ1) is 14.6. The average molecular weight is 315 g/mol. The van der Waals surface area contributed by atoms with Gasteiger partial charge in [-0.15, -0.1) is 0 Å². The number of thioether (sulfide) groups is 1. The van der Waals surface area contributed by atoms with Crippen molar-refractivity contribution in [1.82, 2.24) is 4.90 Å². The van der Waals surface area contributed by atoms with Gasteiger partial charge in [-0.1, -0.05) is 30.0 Å². The van der Waals surface area contributed by atoms with Crippen molar-refractivity contribution in [3.8, 4) is 0 Å². The van der Waals surface area contributed by atoms with E-state index in [0.717, 1.165) is 34.9 Å². The first-order valence-electron chi connectivity index (χ1n) is 5.31. The maximum absolute atomic E-state index is 13.5. The van der Waals surface area contributed by atoms with Gasteiger partial charge in [-0.3, -0.25) is 14.5 Å². The number of halogens is 2. The predicted octanol–water partition coefficient (Wildman–Crippen LogP) is 2.25. The van der Waals surface area contributed by atoms with E-state index < -0.39 is 30.1 Å². The van der Waals surface area contributed by atoms with Crippen LogP contribution in [0.4, 0.5) is 8.78 Å². The quantitative estimate of drug-likeness (QED) is 0.685. The van der Waals surface area contributed by atoms with Gasteiger partial charge in [0.2, 0.25) is 0 Å². The molecule has 1 aromatic carbocycles. The Morgan fingerprint density at radius 2 is 2.00 bits per heavy atom. The van der Waals surface area contributed by atoms with Crippen LogP contribution in [0, 0.1) is 11.6 Å².